The van der Waals surface area contributed by atoms with Crippen molar-refractivity contribution in [1.29, 1.82) is 0 Å². The molecule has 0 heterocycles. The van der Waals surface area contributed by atoms with Crippen molar-refractivity contribution in [3.05, 3.63) is 58.7 Å². The summed E-state index contributed by atoms with van der Waals surface area (Å²) >= 11 is 0. The molecule has 0 heteroatoms. The minimum Gasteiger partial charge on any atom is -0.0805 e. The third kappa shape index (κ3) is 2.68. The van der Waals surface area contributed by atoms with Gasteiger partial charge in [-0.25, -0.2) is 0 Å². The van der Waals surface area contributed by atoms with Crippen LogP contribution in [0.5, 0.6) is 0 Å². The van der Waals surface area contributed by atoms with E-state index in [0.717, 1.165) is 0 Å². The molecule has 0 bridgehead atoms. The molecular weight excluding hydrogens is 288 g/mol. The standard InChI is InChI=1S/C24H34/c1-6-10-19-13-9-15-22(21(19)11-7-2)23-16-20-14-8-12-17(3)24(20,5)18(23)4/h8-9,12-15,18,20,23H,6-7,10-11,16H2,1-5H3. The lowest BCUT2D eigenvalue weighted by Gasteiger charge is -2.38. The molecule has 2 aliphatic carbocycles. The molecule has 1 fully saturated rings. The first-order valence-corrected chi connectivity index (χ1v) is 10.00. The highest BCUT2D eigenvalue weighted by molar-refractivity contribution is 5.42. The van der Waals surface area contributed by atoms with Gasteiger partial charge in [-0.1, -0.05) is 82.5 Å². The fraction of sp³-hybridized carbons (Fsp3) is 0.583. The van der Waals surface area contributed by atoms with Crippen LogP contribution >= 0.6 is 0 Å². The quantitative estimate of drug-likeness (QED) is 0.556. The van der Waals surface area contributed by atoms with Gasteiger partial charge >= 0.3 is 0 Å². The zero-order valence-electron chi connectivity index (χ0n) is 16.2. The molecule has 0 nitrogen and oxygen atoms in total. The fourth-order valence-electron chi connectivity index (χ4n) is 5.38. The molecule has 24 heavy (non-hydrogen) atoms. The summed E-state index contributed by atoms with van der Waals surface area (Å²) < 4.78 is 0. The fourth-order valence-corrected chi connectivity index (χ4v) is 5.38. The van der Waals surface area contributed by atoms with Gasteiger partial charge < -0.3 is 0 Å². The summed E-state index contributed by atoms with van der Waals surface area (Å²) in [7, 11) is 0. The van der Waals surface area contributed by atoms with Gasteiger partial charge in [0.1, 0.15) is 0 Å². The SMILES string of the molecule is CCCc1cccc(C2CC3C=CC=C(C)C3(C)C2C)c1CCC. The smallest absolute Gasteiger partial charge is 0.00216 e. The Morgan fingerprint density at radius 1 is 1.12 bits per heavy atom. The summed E-state index contributed by atoms with van der Waals surface area (Å²) in [6.45, 7) is 12.0. The van der Waals surface area contributed by atoms with E-state index in [4.69, 9.17) is 0 Å². The second kappa shape index (κ2) is 6.90. The van der Waals surface area contributed by atoms with E-state index in [2.05, 4.69) is 71.0 Å². The van der Waals surface area contributed by atoms with E-state index in [1.807, 2.05) is 0 Å². The van der Waals surface area contributed by atoms with Gasteiger partial charge in [0.15, 0.2) is 0 Å². The van der Waals surface area contributed by atoms with Gasteiger partial charge in [-0.05, 0) is 66.0 Å². The second-order valence-corrected chi connectivity index (χ2v) is 8.24. The van der Waals surface area contributed by atoms with Gasteiger partial charge in [-0.15, -0.1) is 0 Å². The van der Waals surface area contributed by atoms with Gasteiger partial charge in [0.2, 0.25) is 0 Å². The predicted octanol–water partition coefficient (Wildman–Crippen LogP) is 6.85. The van der Waals surface area contributed by atoms with E-state index in [0.29, 0.717) is 23.2 Å². The van der Waals surface area contributed by atoms with Gasteiger partial charge in [0.05, 0.1) is 0 Å². The number of allylic oxidation sites excluding steroid dienone is 4. The average molecular weight is 323 g/mol. The van der Waals surface area contributed by atoms with Gasteiger partial charge in [-0.2, -0.15) is 0 Å². The van der Waals surface area contributed by atoms with E-state index in [-0.39, 0.29) is 0 Å². The normalized spacial score (nSPS) is 31.9. The number of hydrogen-bond donors (Lipinski definition) is 0. The topological polar surface area (TPSA) is 0 Å². The highest BCUT2D eigenvalue weighted by atomic mass is 14.5. The van der Waals surface area contributed by atoms with E-state index in [9.17, 15) is 0 Å². The largest absolute Gasteiger partial charge is 0.0805 e. The van der Waals surface area contributed by atoms with E-state index in [1.165, 1.54) is 32.1 Å². The lowest BCUT2D eigenvalue weighted by molar-refractivity contribution is 0.247. The number of fused-ring (bicyclic) bond motifs is 1. The molecule has 0 spiro atoms. The number of rotatable bonds is 5. The highest BCUT2D eigenvalue weighted by Crippen LogP contribution is 2.60. The number of aryl methyl sites for hydroxylation is 1. The highest BCUT2D eigenvalue weighted by Gasteiger charge is 2.50. The summed E-state index contributed by atoms with van der Waals surface area (Å²) in [6, 6.07) is 7.13. The third-order valence-corrected chi connectivity index (χ3v) is 7.09. The molecule has 0 radical (unpaired) electrons. The minimum atomic E-state index is 0.337. The second-order valence-electron chi connectivity index (χ2n) is 8.24. The molecule has 1 aromatic rings. The summed E-state index contributed by atoms with van der Waals surface area (Å²) in [5.41, 5.74) is 6.85. The molecule has 4 atom stereocenters. The molecule has 0 aliphatic heterocycles. The first kappa shape index (κ1) is 17.5. The van der Waals surface area contributed by atoms with Crippen molar-refractivity contribution in [1.82, 2.24) is 0 Å². The third-order valence-electron chi connectivity index (χ3n) is 7.09. The number of benzene rings is 1. The van der Waals surface area contributed by atoms with Crippen molar-refractivity contribution in [2.45, 2.75) is 72.6 Å². The Hall–Kier alpha value is -1.30. The monoisotopic (exact) mass is 322 g/mol. The van der Waals surface area contributed by atoms with Crippen LogP contribution in [0.3, 0.4) is 0 Å². The van der Waals surface area contributed by atoms with Crippen LogP contribution in [0.15, 0.2) is 42.0 Å². The Morgan fingerprint density at radius 2 is 1.88 bits per heavy atom. The molecule has 2 aliphatic rings. The van der Waals surface area contributed by atoms with E-state index >= 15 is 0 Å². The van der Waals surface area contributed by atoms with Crippen LogP contribution in [0.4, 0.5) is 0 Å². The van der Waals surface area contributed by atoms with E-state index < -0.39 is 0 Å². The Kier molecular flexibility index (Phi) is 5.04. The summed E-state index contributed by atoms with van der Waals surface area (Å²) in [5.74, 6) is 2.10. The lowest BCUT2D eigenvalue weighted by Crippen LogP contribution is -2.30. The van der Waals surface area contributed by atoms with Crippen LogP contribution in [0.2, 0.25) is 0 Å². The molecule has 0 saturated heterocycles. The van der Waals surface area contributed by atoms with Crippen LogP contribution < -0.4 is 0 Å². The molecule has 130 valence electrons. The Labute approximate surface area is 149 Å². The van der Waals surface area contributed by atoms with Crippen molar-refractivity contribution in [2.75, 3.05) is 0 Å². The van der Waals surface area contributed by atoms with E-state index in [1.54, 1.807) is 22.3 Å². The van der Waals surface area contributed by atoms with Crippen LogP contribution in [-0.4, -0.2) is 0 Å². The molecule has 1 saturated carbocycles. The maximum Gasteiger partial charge on any atom is -0.00216 e. The van der Waals surface area contributed by atoms with Gasteiger partial charge in [0.25, 0.3) is 0 Å². The molecule has 4 unspecified atom stereocenters. The Morgan fingerprint density at radius 3 is 2.54 bits per heavy atom. The van der Waals surface area contributed by atoms with Crippen molar-refractivity contribution >= 4 is 0 Å². The zero-order valence-corrected chi connectivity index (χ0v) is 16.2. The maximum atomic E-state index is 2.51. The Bertz CT molecular complexity index is 648. The summed E-state index contributed by atoms with van der Waals surface area (Å²) in [6.07, 6.45) is 13.4. The van der Waals surface area contributed by atoms with Gasteiger partial charge in [0, 0.05) is 0 Å². The first-order chi connectivity index (χ1) is 11.5. The van der Waals surface area contributed by atoms with Gasteiger partial charge in [-0.3, -0.25) is 0 Å². The minimum absolute atomic E-state index is 0.337. The van der Waals surface area contributed by atoms with Crippen molar-refractivity contribution < 1.29 is 0 Å². The number of hydrogen-bond acceptors (Lipinski definition) is 0. The lowest BCUT2D eigenvalue weighted by atomic mass is 9.66. The molecule has 0 amide bonds. The van der Waals surface area contributed by atoms with Crippen LogP contribution in [-0.2, 0) is 12.8 Å². The summed E-state index contributed by atoms with van der Waals surface area (Å²) in [5, 5.41) is 0. The molecular formula is C24H34. The van der Waals surface area contributed by atoms with Crippen LogP contribution in [0.1, 0.15) is 76.5 Å². The Balaban J connectivity index is 2.02. The van der Waals surface area contributed by atoms with Crippen molar-refractivity contribution in [2.24, 2.45) is 17.3 Å². The average Bonchev–Trinajstić information content (AvgIpc) is 2.83. The molecule has 3 rings (SSSR count). The first-order valence-electron chi connectivity index (χ1n) is 10.00. The van der Waals surface area contributed by atoms with Crippen LogP contribution in [0.25, 0.3) is 0 Å². The predicted molar refractivity (Wildman–Crippen MR) is 105 cm³/mol. The zero-order chi connectivity index (χ0) is 17.3. The van der Waals surface area contributed by atoms with Crippen molar-refractivity contribution in [3.63, 3.8) is 0 Å². The maximum absolute atomic E-state index is 2.51. The molecule has 0 N–H and O–H groups in total. The van der Waals surface area contributed by atoms with Crippen LogP contribution in [0, 0.1) is 17.3 Å². The van der Waals surface area contributed by atoms with Crippen molar-refractivity contribution in [3.8, 4) is 0 Å². The molecule has 0 aromatic heterocycles. The molecule has 1 aromatic carbocycles. The summed E-state index contributed by atoms with van der Waals surface area (Å²) in [4.78, 5) is 0.